The Bertz CT molecular complexity index is 1560. The average molecular weight is 745 g/mol. The number of nitrogens with zero attached hydrogens (tertiary/aromatic N) is 6. The van der Waals surface area contributed by atoms with Crippen molar-refractivity contribution in [1.29, 1.82) is 10.5 Å². The second-order valence-electron chi connectivity index (χ2n) is 12.7. The van der Waals surface area contributed by atoms with Crippen LogP contribution in [0.4, 0.5) is 18.9 Å². The molecule has 0 saturated carbocycles. The van der Waals surface area contributed by atoms with Gasteiger partial charge in [0.05, 0.1) is 60.9 Å². The Morgan fingerprint density at radius 2 is 1.52 bits per heavy atom. The summed E-state index contributed by atoms with van der Waals surface area (Å²) in [6, 6.07) is 15.9. The van der Waals surface area contributed by atoms with Gasteiger partial charge in [0.25, 0.3) is 5.91 Å². The van der Waals surface area contributed by atoms with E-state index < -0.39 is 28.7 Å². The number of carbonyl (C=O) groups excluding carboxylic acids is 2. The largest absolute Gasteiger partial charge is 0.417 e. The van der Waals surface area contributed by atoms with E-state index in [1.165, 1.54) is 6.07 Å². The summed E-state index contributed by atoms with van der Waals surface area (Å²) >= 11 is 5.56. The SMILES string of the molecule is COCCOCCOCC(=O)N1CCN(CCCCCCN2C(=S)N(c3ccc(C#N)c(C(F)(F)F)c3)C(=O)C2(C)C)CC1.N#Cc1ccccc1. The number of hydrogen-bond donors (Lipinski definition) is 0. The maximum absolute atomic E-state index is 13.5. The minimum atomic E-state index is -4.74. The molecule has 0 radical (unpaired) electrons. The Morgan fingerprint density at radius 1 is 0.885 bits per heavy atom. The van der Waals surface area contributed by atoms with Crippen LogP contribution in [-0.4, -0.2) is 117 Å². The van der Waals surface area contributed by atoms with Gasteiger partial charge in [-0.1, -0.05) is 31.0 Å². The van der Waals surface area contributed by atoms with Crippen LogP contribution in [0.2, 0.25) is 0 Å². The monoisotopic (exact) mass is 744 g/mol. The first-order chi connectivity index (χ1) is 24.8. The molecule has 2 aliphatic heterocycles. The average Bonchev–Trinajstić information content (AvgIpc) is 3.31. The van der Waals surface area contributed by atoms with E-state index in [4.69, 9.17) is 37.0 Å². The molecular weight excluding hydrogens is 698 g/mol. The number of halogens is 3. The number of anilines is 1. The van der Waals surface area contributed by atoms with Gasteiger partial charge in [-0.25, -0.2) is 0 Å². The molecule has 0 unspecified atom stereocenters. The highest BCUT2D eigenvalue weighted by atomic mass is 32.1. The lowest BCUT2D eigenvalue weighted by atomic mass is 10.0. The number of rotatable bonds is 16. The van der Waals surface area contributed by atoms with Crippen molar-refractivity contribution in [2.24, 2.45) is 0 Å². The van der Waals surface area contributed by atoms with Crippen molar-refractivity contribution in [1.82, 2.24) is 14.7 Å². The summed E-state index contributed by atoms with van der Waals surface area (Å²) in [7, 11) is 1.61. The Labute approximate surface area is 309 Å². The van der Waals surface area contributed by atoms with Crippen LogP contribution in [0.25, 0.3) is 0 Å². The second-order valence-corrected chi connectivity index (χ2v) is 13.1. The molecule has 0 N–H and O–H groups in total. The van der Waals surface area contributed by atoms with Gasteiger partial charge in [0, 0.05) is 39.8 Å². The highest BCUT2D eigenvalue weighted by Gasteiger charge is 2.49. The summed E-state index contributed by atoms with van der Waals surface area (Å²) in [6.07, 6.45) is -1.09. The number of hydrogen-bond acceptors (Lipinski definition) is 9. The van der Waals surface area contributed by atoms with Gasteiger partial charge in [-0.05, 0) is 75.8 Å². The van der Waals surface area contributed by atoms with Crippen LogP contribution < -0.4 is 4.90 Å². The summed E-state index contributed by atoms with van der Waals surface area (Å²) in [5.41, 5.74) is -1.90. The smallest absolute Gasteiger partial charge is 0.382 e. The third kappa shape index (κ3) is 12.2. The van der Waals surface area contributed by atoms with Crippen molar-refractivity contribution >= 4 is 34.8 Å². The lowest BCUT2D eigenvalue weighted by molar-refractivity contribution is -0.139. The van der Waals surface area contributed by atoms with E-state index in [0.717, 1.165) is 62.4 Å². The van der Waals surface area contributed by atoms with E-state index in [0.29, 0.717) is 51.6 Å². The molecule has 282 valence electrons. The van der Waals surface area contributed by atoms with E-state index in [1.54, 1.807) is 44.1 Å². The van der Waals surface area contributed by atoms with Crippen LogP contribution in [0.5, 0.6) is 0 Å². The van der Waals surface area contributed by atoms with Crippen molar-refractivity contribution in [3.63, 3.8) is 0 Å². The normalized spacial score (nSPS) is 16.0. The summed E-state index contributed by atoms with van der Waals surface area (Å²) in [6.45, 7) is 9.68. The van der Waals surface area contributed by atoms with Gasteiger partial charge in [-0.3, -0.25) is 19.4 Å². The molecule has 15 heteroatoms. The summed E-state index contributed by atoms with van der Waals surface area (Å²) in [5.74, 6) is -0.419. The van der Waals surface area contributed by atoms with Crippen LogP contribution in [-0.2, 0) is 30.0 Å². The van der Waals surface area contributed by atoms with Crippen molar-refractivity contribution in [2.75, 3.05) is 84.3 Å². The molecule has 11 nitrogen and oxygen atoms in total. The first kappa shape index (κ1) is 42.3. The number of piperazine rings is 1. The van der Waals surface area contributed by atoms with Gasteiger partial charge in [-0.2, -0.15) is 23.7 Å². The highest BCUT2D eigenvalue weighted by Crippen LogP contribution is 2.38. The number of unbranched alkanes of at least 4 members (excludes halogenated alkanes) is 3. The number of thiocarbonyl (C=S) groups is 1. The molecule has 2 heterocycles. The molecule has 2 fully saturated rings. The minimum absolute atomic E-state index is 0.000422. The Balaban J connectivity index is 0.000000801. The molecule has 2 aromatic carbocycles. The molecular formula is C37H47F3N6O5S. The molecule has 0 aromatic heterocycles. The number of ether oxygens (including phenoxy) is 3. The molecule has 2 aromatic rings. The van der Waals surface area contributed by atoms with Crippen molar-refractivity contribution in [3.05, 3.63) is 65.2 Å². The molecule has 0 bridgehead atoms. The Kier molecular flexibility index (Phi) is 16.9. The van der Waals surface area contributed by atoms with E-state index in [1.807, 2.05) is 29.2 Å². The number of carbonyl (C=O) groups is 2. The first-order valence-corrected chi connectivity index (χ1v) is 17.6. The summed E-state index contributed by atoms with van der Waals surface area (Å²) < 4.78 is 56.2. The quantitative estimate of drug-likeness (QED) is 0.167. The number of nitriles is 2. The summed E-state index contributed by atoms with van der Waals surface area (Å²) in [4.78, 5) is 32.7. The maximum Gasteiger partial charge on any atom is 0.417 e. The molecule has 52 heavy (non-hydrogen) atoms. The van der Waals surface area contributed by atoms with E-state index in [-0.39, 0.29) is 23.3 Å². The molecule has 4 rings (SSSR count). The fourth-order valence-electron chi connectivity index (χ4n) is 5.75. The standard InChI is InChI=1S/C30H42F3N5O5S.C7H5N/c1-29(2)27(40)38(24-9-8-23(21-34)25(20-24)30(31,32)33)28(44)37(29)11-7-5-4-6-10-35-12-14-36(15-13-35)26(39)22-43-19-18-42-17-16-41-3;8-6-7-4-2-1-3-5-7/h8-9,20H,4-7,10-19,22H2,1-3H3;1-5H. The molecule has 0 atom stereocenters. The molecule has 2 saturated heterocycles. The van der Waals surface area contributed by atoms with Gasteiger partial charge in [0.1, 0.15) is 12.1 Å². The van der Waals surface area contributed by atoms with Gasteiger partial charge >= 0.3 is 6.18 Å². The van der Waals surface area contributed by atoms with Crippen LogP contribution in [0, 0.1) is 22.7 Å². The second kappa shape index (κ2) is 20.8. The molecule has 2 aliphatic rings. The number of alkyl halides is 3. The van der Waals surface area contributed by atoms with E-state index in [9.17, 15) is 22.8 Å². The molecule has 2 amide bonds. The van der Waals surface area contributed by atoms with Crippen LogP contribution >= 0.6 is 12.2 Å². The minimum Gasteiger partial charge on any atom is -0.382 e. The number of methoxy groups -OCH3 is 1. The number of amides is 2. The molecule has 0 spiro atoms. The third-order valence-electron chi connectivity index (χ3n) is 8.77. The predicted octanol–water partition coefficient (Wildman–Crippen LogP) is 5.23. The zero-order chi connectivity index (χ0) is 38.1. The maximum atomic E-state index is 13.5. The lowest BCUT2D eigenvalue weighted by Crippen LogP contribution is -2.49. The number of benzene rings is 2. The predicted molar refractivity (Wildman–Crippen MR) is 193 cm³/mol. The van der Waals surface area contributed by atoms with Crippen LogP contribution in [0.15, 0.2) is 48.5 Å². The zero-order valence-corrected chi connectivity index (χ0v) is 30.8. The van der Waals surface area contributed by atoms with Crippen LogP contribution in [0.1, 0.15) is 56.2 Å². The lowest BCUT2D eigenvalue weighted by Gasteiger charge is -2.34. The third-order valence-corrected chi connectivity index (χ3v) is 9.18. The van der Waals surface area contributed by atoms with Crippen molar-refractivity contribution in [2.45, 2.75) is 51.2 Å². The fourth-order valence-corrected chi connectivity index (χ4v) is 6.26. The zero-order valence-electron chi connectivity index (χ0n) is 30.0. The van der Waals surface area contributed by atoms with Gasteiger partial charge < -0.3 is 24.0 Å². The first-order valence-electron chi connectivity index (χ1n) is 17.2. The Morgan fingerprint density at radius 3 is 2.12 bits per heavy atom. The van der Waals surface area contributed by atoms with Gasteiger partial charge in [0.2, 0.25) is 5.91 Å². The van der Waals surface area contributed by atoms with E-state index >= 15 is 0 Å². The van der Waals surface area contributed by atoms with Crippen molar-refractivity contribution in [3.8, 4) is 12.1 Å². The van der Waals surface area contributed by atoms with Crippen LogP contribution in [0.3, 0.4) is 0 Å². The van der Waals surface area contributed by atoms with Crippen molar-refractivity contribution < 1.29 is 37.0 Å². The Hall–Kier alpha value is -4.12. The van der Waals surface area contributed by atoms with Gasteiger partial charge in [0.15, 0.2) is 5.11 Å². The molecule has 0 aliphatic carbocycles. The topological polar surface area (TPSA) is 122 Å². The van der Waals surface area contributed by atoms with E-state index in [2.05, 4.69) is 4.90 Å². The summed E-state index contributed by atoms with van der Waals surface area (Å²) in [5, 5.41) is 17.5. The fraction of sp³-hybridized carbons (Fsp3) is 0.541. The van der Waals surface area contributed by atoms with Gasteiger partial charge in [-0.15, -0.1) is 0 Å². The highest BCUT2D eigenvalue weighted by molar-refractivity contribution is 7.80.